The highest BCUT2D eigenvalue weighted by atomic mass is 32.2. The van der Waals surface area contributed by atoms with Crippen LogP contribution in [-0.4, -0.2) is 21.6 Å². The minimum Gasteiger partial charge on any atom is -0.326 e. The van der Waals surface area contributed by atoms with E-state index in [1.807, 2.05) is 44.2 Å². The van der Waals surface area contributed by atoms with Crippen LogP contribution in [-0.2, 0) is 4.79 Å². The van der Waals surface area contributed by atoms with Crippen molar-refractivity contribution in [1.82, 2.24) is 9.97 Å². The number of hydrogen-bond donors (Lipinski definition) is 1. The summed E-state index contributed by atoms with van der Waals surface area (Å²) in [5.74, 6) is 0.728. The summed E-state index contributed by atoms with van der Waals surface area (Å²) < 4.78 is 0. The maximum Gasteiger partial charge on any atom is 0.225 e. The van der Waals surface area contributed by atoms with Crippen LogP contribution in [0.3, 0.4) is 0 Å². The highest BCUT2D eigenvalue weighted by molar-refractivity contribution is 7.99. The maximum absolute atomic E-state index is 11.9. The third-order valence-corrected chi connectivity index (χ3v) is 3.70. The molecule has 104 valence electrons. The van der Waals surface area contributed by atoms with E-state index >= 15 is 0 Å². The third-order valence-electron chi connectivity index (χ3n) is 2.78. The second-order valence-corrected chi connectivity index (χ2v) is 5.57. The fourth-order valence-corrected chi connectivity index (χ4v) is 2.56. The zero-order chi connectivity index (χ0) is 14.4. The van der Waals surface area contributed by atoms with Crippen LogP contribution in [0.5, 0.6) is 0 Å². The third kappa shape index (κ3) is 4.35. The van der Waals surface area contributed by atoms with Gasteiger partial charge in [-0.25, -0.2) is 9.97 Å². The molecule has 1 N–H and O–H groups in total. The lowest BCUT2D eigenvalue weighted by molar-refractivity contribution is -0.115. The smallest absolute Gasteiger partial charge is 0.225 e. The molecule has 0 aliphatic rings. The monoisotopic (exact) mass is 287 g/mol. The summed E-state index contributed by atoms with van der Waals surface area (Å²) in [5.41, 5.74) is 2.88. The molecule has 1 heterocycles. The lowest BCUT2D eigenvalue weighted by Gasteiger charge is -2.07. The molecule has 2 aromatic rings. The number of aryl methyl sites for hydroxylation is 2. The van der Waals surface area contributed by atoms with E-state index in [9.17, 15) is 4.79 Å². The predicted octanol–water partition coefficient (Wildman–Crippen LogP) is 3.21. The molecule has 0 atom stereocenters. The Hall–Kier alpha value is -1.88. The molecule has 0 aliphatic carbocycles. The molecular formula is C15H17N3OS. The number of nitrogens with one attached hydrogen (secondary N) is 1. The largest absolute Gasteiger partial charge is 0.326 e. The average molecular weight is 287 g/mol. The molecule has 0 saturated carbocycles. The second-order valence-electron chi connectivity index (χ2n) is 4.46. The van der Waals surface area contributed by atoms with Gasteiger partial charge in [-0.2, -0.15) is 0 Å². The summed E-state index contributed by atoms with van der Waals surface area (Å²) in [7, 11) is 0. The van der Waals surface area contributed by atoms with Gasteiger partial charge in [-0.05, 0) is 31.5 Å². The van der Waals surface area contributed by atoms with Crippen molar-refractivity contribution in [3.63, 3.8) is 0 Å². The predicted molar refractivity (Wildman–Crippen MR) is 81.9 cm³/mol. The van der Waals surface area contributed by atoms with Crippen molar-refractivity contribution in [3.8, 4) is 0 Å². The first-order chi connectivity index (χ1) is 9.65. The topological polar surface area (TPSA) is 54.9 Å². The van der Waals surface area contributed by atoms with Crippen molar-refractivity contribution in [2.45, 2.75) is 25.3 Å². The van der Waals surface area contributed by atoms with Gasteiger partial charge >= 0.3 is 0 Å². The van der Waals surface area contributed by atoms with Gasteiger partial charge in [0.05, 0.1) is 5.03 Å². The van der Waals surface area contributed by atoms with Crippen molar-refractivity contribution >= 4 is 23.4 Å². The zero-order valence-corrected chi connectivity index (χ0v) is 12.4. The first-order valence-electron chi connectivity index (χ1n) is 6.42. The van der Waals surface area contributed by atoms with E-state index in [4.69, 9.17) is 0 Å². The summed E-state index contributed by atoms with van der Waals surface area (Å²) in [6.07, 6.45) is 2.01. The highest BCUT2D eigenvalue weighted by Gasteiger charge is 2.05. The van der Waals surface area contributed by atoms with Gasteiger partial charge in [0.25, 0.3) is 0 Å². The Labute approximate surface area is 123 Å². The van der Waals surface area contributed by atoms with E-state index in [0.29, 0.717) is 12.2 Å². The standard InChI is InChI=1S/C15H17N3OS/c1-11-5-3-4-6-13(11)18-14(19)7-8-20-15-9-12(2)16-10-17-15/h3-6,9-10H,7-8H2,1-2H3,(H,18,19). The Bertz CT molecular complexity index is 601. The molecule has 0 spiro atoms. The van der Waals surface area contributed by atoms with Crippen molar-refractivity contribution in [2.75, 3.05) is 11.1 Å². The van der Waals surface area contributed by atoms with E-state index in [2.05, 4.69) is 15.3 Å². The van der Waals surface area contributed by atoms with Gasteiger partial charge in [0.2, 0.25) is 5.91 Å². The quantitative estimate of drug-likeness (QED) is 0.677. The first-order valence-corrected chi connectivity index (χ1v) is 7.40. The number of rotatable bonds is 5. The lowest BCUT2D eigenvalue weighted by Crippen LogP contribution is -2.13. The number of anilines is 1. The Kier molecular flexibility index (Phi) is 5.12. The molecular weight excluding hydrogens is 270 g/mol. The minimum atomic E-state index is 0.0255. The number of nitrogens with zero attached hydrogens (tertiary/aromatic N) is 2. The number of aromatic nitrogens is 2. The molecule has 0 aliphatic heterocycles. The Balaban J connectivity index is 1.80. The molecule has 0 radical (unpaired) electrons. The first kappa shape index (κ1) is 14.5. The number of carbonyl (C=O) groups excluding carboxylic acids is 1. The summed E-state index contributed by atoms with van der Waals surface area (Å²) in [4.78, 5) is 20.1. The van der Waals surface area contributed by atoms with E-state index in [1.54, 1.807) is 18.1 Å². The van der Waals surface area contributed by atoms with Crippen LogP contribution in [0.15, 0.2) is 41.7 Å². The van der Waals surface area contributed by atoms with Gasteiger partial charge in [0.15, 0.2) is 0 Å². The maximum atomic E-state index is 11.9. The van der Waals surface area contributed by atoms with Gasteiger partial charge in [0.1, 0.15) is 6.33 Å². The van der Waals surface area contributed by atoms with Crippen molar-refractivity contribution in [2.24, 2.45) is 0 Å². The Morgan fingerprint density at radius 2 is 2.05 bits per heavy atom. The summed E-state index contributed by atoms with van der Waals surface area (Å²) in [6, 6.07) is 9.69. The SMILES string of the molecule is Cc1cc(SCCC(=O)Nc2ccccc2C)ncn1. The van der Waals surface area contributed by atoms with Gasteiger partial charge in [-0.15, -0.1) is 11.8 Å². The number of carbonyl (C=O) groups is 1. The highest BCUT2D eigenvalue weighted by Crippen LogP contribution is 2.17. The van der Waals surface area contributed by atoms with Crippen molar-refractivity contribution in [3.05, 3.63) is 47.9 Å². The average Bonchev–Trinajstić information content (AvgIpc) is 2.41. The molecule has 1 aromatic heterocycles. The molecule has 5 heteroatoms. The number of amides is 1. The second kappa shape index (κ2) is 7.05. The van der Waals surface area contributed by atoms with Crippen LogP contribution in [0.25, 0.3) is 0 Å². The fourth-order valence-electron chi connectivity index (χ4n) is 1.68. The molecule has 1 amide bonds. The zero-order valence-electron chi connectivity index (χ0n) is 11.6. The molecule has 20 heavy (non-hydrogen) atoms. The summed E-state index contributed by atoms with van der Waals surface area (Å²) >= 11 is 1.57. The van der Waals surface area contributed by atoms with E-state index in [1.165, 1.54) is 0 Å². The molecule has 2 rings (SSSR count). The number of para-hydroxylation sites is 1. The fraction of sp³-hybridized carbons (Fsp3) is 0.267. The van der Waals surface area contributed by atoms with Gasteiger partial charge < -0.3 is 5.32 Å². The van der Waals surface area contributed by atoms with Crippen molar-refractivity contribution < 1.29 is 4.79 Å². The molecule has 4 nitrogen and oxygen atoms in total. The normalized spacial score (nSPS) is 10.3. The van der Waals surface area contributed by atoms with Crippen LogP contribution in [0.1, 0.15) is 17.7 Å². The molecule has 0 saturated heterocycles. The number of benzene rings is 1. The van der Waals surface area contributed by atoms with Gasteiger partial charge in [0, 0.05) is 23.6 Å². The Morgan fingerprint density at radius 1 is 1.25 bits per heavy atom. The molecule has 1 aromatic carbocycles. The van der Waals surface area contributed by atoms with E-state index < -0.39 is 0 Å². The minimum absolute atomic E-state index is 0.0255. The molecule has 0 bridgehead atoms. The van der Waals surface area contributed by atoms with Crippen LogP contribution < -0.4 is 5.32 Å². The summed E-state index contributed by atoms with van der Waals surface area (Å²) in [5, 5.41) is 3.83. The van der Waals surface area contributed by atoms with Crippen LogP contribution in [0.2, 0.25) is 0 Å². The van der Waals surface area contributed by atoms with Crippen LogP contribution in [0, 0.1) is 13.8 Å². The molecule has 0 unspecified atom stereocenters. The number of hydrogen-bond acceptors (Lipinski definition) is 4. The summed E-state index contributed by atoms with van der Waals surface area (Å²) in [6.45, 7) is 3.91. The molecule has 0 fully saturated rings. The number of thioether (sulfide) groups is 1. The van der Waals surface area contributed by atoms with E-state index in [0.717, 1.165) is 22.0 Å². The van der Waals surface area contributed by atoms with Gasteiger partial charge in [-0.1, -0.05) is 18.2 Å². The van der Waals surface area contributed by atoms with Gasteiger partial charge in [-0.3, -0.25) is 4.79 Å². The van der Waals surface area contributed by atoms with Crippen molar-refractivity contribution in [1.29, 1.82) is 0 Å². The van der Waals surface area contributed by atoms with Crippen LogP contribution in [0.4, 0.5) is 5.69 Å². The van der Waals surface area contributed by atoms with Crippen LogP contribution >= 0.6 is 11.8 Å². The Morgan fingerprint density at radius 3 is 2.80 bits per heavy atom. The van der Waals surface area contributed by atoms with E-state index in [-0.39, 0.29) is 5.91 Å². The lowest BCUT2D eigenvalue weighted by atomic mass is 10.2.